The summed E-state index contributed by atoms with van der Waals surface area (Å²) in [7, 11) is 0. The van der Waals surface area contributed by atoms with Gasteiger partial charge in [0.05, 0.1) is 10.6 Å². The van der Waals surface area contributed by atoms with Crippen LogP contribution in [0, 0.1) is 25.2 Å². The largest absolute Gasteiger partial charge is 0.355 e. The molecule has 0 spiro atoms. The van der Waals surface area contributed by atoms with Crippen LogP contribution >= 0.6 is 27.5 Å². The van der Waals surface area contributed by atoms with Crippen molar-refractivity contribution in [3.63, 3.8) is 0 Å². The fourth-order valence-electron chi connectivity index (χ4n) is 1.94. The maximum absolute atomic E-state index is 8.86. The molecule has 0 atom stereocenters. The quantitative estimate of drug-likeness (QED) is 0.804. The first-order valence-corrected chi connectivity index (χ1v) is 6.92. The summed E-state index contributed by atoms with van der Waals surface area (Å²) in [5, 5.41) is 12.7. The molecule has 96 valence electrons. The first-order valence-electron chi connectivity index (χ1n) is 5.74. The second kappa shape index (κ2) is 5.64. The number of nitrogens with zero attached hydrogens (tertiary/aromatic N) is 1. The number of aryl methyl sites for hydroxylation is 2. The molecule has 0 aromatic heterocycles. The molecule has 0 unspecified atom stereocenters. The summed E-state index contributed by atoms with van der Waals surface area (Å²) >= 11 is 9.51. The van der Waals surface area contributed by atoms with Crippen molar-refractivity contribution in [1.29, 1.82) is 5.26 Å². The summed E-state index contributed by atoms with van der Waals surface area (Å²) in [5.41, 5.74) is 4.71. The van der Waals surface area contributed by atoms with E-state index in [1.165, 1.54) is 0 Å². The van der Waals surface area contributed by atoms with Gasteiger partial charge >= 0.3 is 0 Å². The fourth-order valence-corrected chi connectivity index (χ4v) is 2.85. The molecule has 0 radical (unpaired) electrons. The van der Waals surface area contributed by atoms with Crippen LogP contribution in [-0.4, -0.2) is 0 Å². The zero-order valence-corrected chi connectivity index (χ0v) is 12.9. The molecule has 2 nitrogen and oxygen atoms in total. The Morgan fingerprint density at radius 3 is 2.32 bits per heavy atom. The number of hydrogen-bond donors (Lipinski definition) is 1. The molecule has 2 aromatic rings. The smallest absolute Gasteiger partial charge is 0.101 e. The van der Waals surface area contributed by atoms with Crippen molar-refractivity contribution in [2.24, 2.45) is 0 Å². The third-order valence-corrected chi connectivity index (χ3v) is 3.63. The summed E-state index contributed by atoms with van der Waals surface area (Å²) in [6, 6.07) is 11.5. The van der Waals surface area contributed by atoms with Crippen molar-refractivity contribution in [1.82, 2.24) is 0 Å². The van der Waals surface area contributed by atoms with E-state index in [9.17, 15) is 0 Å². The Morgan fingerprint density at radius 2 is 1.79 bits per heavy atom. The van der Waals surface area contributed by atoms with E-state index >= 15 is 0 Å². The van der Waals surface area contributed by atoms with Gasteiger partial charge in [-0.1, -0.05) is 27.5 Å². The lowest BCUT2D eigenvalue weighted by Gasteiger charge is -2.14. The Hall–Kier alpha value is -1.50. The molecule has 0 heterocycles. The van der Waals surface area contributed by atoms with Crippen molar-refractivity contribution >= 4 is 38.9 Å². The van der Waals surface area contributed by atoms with E-state index in [0.29, 0.717) is 10.6 Å². The molecule has 0 aliphatic heterocycles. The lowest BCUT2D eigenvalue weighted by atomic mass is 10.1. The van der Waals surface area contributed by atoms with Gasteiger partial charge in [0, 0.05) is 15.8 Å². The van der Waals surface area contributed by atoms with Gasteiger partial charge < -0.3 is 5.32 Å². The molecule has 0 fully saturated rings. The lowest BCUT2D eigenvalue weighted by molar-refractivity contribution is 1.34. The van der Waals surface area contributed by atoms with Gasteiger partial charge in [-0.2, -0.15) is 5.26 Å². The standard InChI is InChI=1S/C15H12BrClN2/c1-9-5-12(16)6-10(2)15(9)19-13-4-3-11(8-18)14(17)7-13/h3-7,19H,1-2H3. The predicted molar refractivity (Wildman–Crippen MR) is 83.1 cm³/mol. The summed E-state index contributed by atoms with van der Waals surface area (Å²) in [4.78, 5) is 0. The monoisotopic (exact) mass is 334 g/mol. The minimum Gasteiger partial charge on any atom is -0.355 e. The van der Waals surface area contributed by atoms with Crippen LogP contribution in [0.2, 0.25) is 5.02 Å². The van der Waals surface area contributed by atoms with Crippen molar-refractivity contribution in [2.45, 2.75) is 13.8 Å². The van der Waals surface area contributed by atoms with Crippen LogP contribution in [0.15, 0.2) is 34.8 Å². The van der Waals surface area contributed by atoms with Crippen LogP contribution in [0.3, 0.4) is 0 Å². The normalized spacial score (nSPS) is 10.1. The molecule has 0 saturated carbocycles. The number of rotatable bonds is 2. The van der Waals surface area contributed by atoms with Crippen molar-refractivity contribution in [2.75, 3.05) is 5.32 Å². The maximum atomic E-state index is 8.86. The molecule has 0 aliphatic carbocycles. The molecule has 0 amide bonds. The molecule has 0 bridgehead atoms. The molecular weight excluding hydrogens is 324 g/mol. The van der Waals surface area contributed by atoms with Gasteiger partial charge in [-0.05, 0) is 55.3 Å². The number of hydrogen-bond acceptors (Lipinski definition) is 2. The topological polar surface area (TPSA) is 35.8 Å². The van der Waals surface area contributed by atoms with Crippen LogP contribution in [-0.2, 0) is 0 Å². The molecular formula is C15H12BrClN2. The van der Waals surface area contributed by atoms with Crippen LogP contribution in [0.4, 0.5) is 11.4 Å². The van der Waals surface area contributed by atoms with E-state index in [-0.39, 0.29) is 0 Å². The Morgan fingerprint density at radius 1 is 1.16 bits per heavy atom. The molecule has 19 heavy (non-hydrogen) atoms. The summed E-state index contributed by atoms with van der Waals surface area (Å²) < 4.78 is 1.06. The number of nitrogens with one attached hydrogen (secondary N) is 1. The molecule has 1 N–H and O–H groups in total. The Balaban J connectivity index is 2.37. The first-order chi connectivity index (χ1) is 9.01. The van der Waals surface area contributed by atoms with E-state index < -0.39 is 0 Å². The van der Waals surface area contributed by atoms with E-state index in [2.05, 4.69) is 39.4 Å². The van der Waals surface area contributed by atoms with Crippen molar-refractivity contribution in [3.8, 4) is 6.07 Å². The predicted octanol–water partition coefficient (Wildman–Crippen LogP) is 5.33. The van der Waals surface area contributed by atoms with E-state index in [1.54, 1.807) is 12.1 Å². The highest BCUT2D eigenvalue weighted by molar-refractivity contribution is 9.10. The Kier molecular flexibility index (Phi) is 4.14. The number of benzene rings is 2. The number of halogens is 2. The Bertz CT molecular complexity index is 651. The van der Waals surface area contributed by atoms with Gasteiger partial charge in [-0.3, -0.25) is 0 Å². The zero-order valence-electron chi connectivity index (χ0n) is 10.6. The van der Waals surface area contributed by atoms with E-state index in [4.69, 9.17) is 16.9 Å². The van der Waals surface area contributed by atoms with E-state index in [1.807, 2.05) is 19.9 Å². The SMILES string of the molecule is Cc1cc(Br)cc(C)c1Nc1ccc(C#N)c(Cl)c1. The van der Waals surface area contributed by atoms with E-state index in [0.717, 1.165) is 27.0 Å². The van der Waals surface area contributed by atoms with Crippen molar-refractivity contribution in [3.05, 3.63) is 56.5 Å². The third kappa shape index (κ3) is 3.09. The maximum Gasteiger partial charge on any atom is 0.101 e. The molecule has 4 heteroatoms. The van der Waals surface area contributed by atoms with Gasteiger partial charge in [0.15, 0.2) is 0 Å². The highest BCUT2D eigenvalue weighted by Gasteiger charge is 2.06. The highest BCUT2D eigenvalue weighted by atomic mass is 79.9. The highest BCUT2D eigenvalue weighted by Crippen LogP contribution is 2.29. The minimum atomic E-state index is 0.458. The zero-order chi connectivity index (χ0) is 14.0. The molecule has 0 aliphatic rings. The average molecular weight is 336 g/mol. The molecule has 2 aromatic carbocycles. The minimum absolute atomic E-state index is 0.458. The molecule has 0 saturated heterocycles. The lowest BCUT2D eigenvalue weighted by Crippen LogP contribution is -1.96. The second-order valence-corrected chi connectivity index (χ2v) is 5.67. The second-order valence-electron chi connectivity index (χ2n) is 4.35. The van der Waals surface area contributed by atoms with Gasteiger partial charge in [-0.15, -0.1) is 0 Å². The summed E-state index contributed by atoms with van der Waals surface area (Å²) in [6.45, 7) is 4.09. The van der Waals surface area contributed by atoms with Gasteiger partial charge in [0.25, 0.3) is 0 Å². The third-order valence-electron chi connectivity index (χ3n) is 2.86. The van der Waals surface area contributed by atoms with Crippen LogP contribution in [0.1, 0.15) is 16.7 Å². The molecule has 2 rings (SSSR count). The average Bonchev–Trinajstić information content (AvgIpc) is 2.34. The number of anilines is 2. The van der Waals surface area contributed by atoms with Crippen molar-refractivity contribution < 1.29 is 0 Å². The Labute approximate surface area is 126 Å². The van der Waals surface area contributed by atoms with Crippen LogP contribution in [0.5, 0.6) is 0 Å². The summed E-state index contributed by atoms with van der Waals surface area (Å²) in [5.74, 6) is 0. The first kappa shape index (κ1) is 13.9. The van der Waals surface area contributed by atoms with Gasteiger partial charge in [0.2, 0.25) is 0 Å². The fraction of sp³-hybridized carbons (Fsp3) is 0.133. The van der Waals surface area contributed by atoms with Crippen LogP contribution in [0.25, 0.3) is 0 Å². The van der Waals surface area contributed by atoms with Gasteiger partial charge in [-0.25, -0.2) is 0 Å². The number of nitriles is 1. The summed E-state index contributed by atoms with van der Waals surface area (Å²) in [6.07, 6.45) is 0. The van der Waals surface area contributed by atoms with Gasteiger partial charge in [0.1, 0.15) is 6.07 Å². The van der Waals surface area contributed by atoms with Crippen LogP contribution < -0.4 is 5.32 Å².